The zero-order valence-corrected chi connectivity index (χ0v) is 11.8. The van der Waals surface area contributed by atoms with E-state index >= 15 is 0 Å². The monoisotopic (exact) mass is 311 g/mol. The van der Waals surface area contributed by atoms with E-state index in [0.717, 1.165) is 17.7 Å². The topological polar surface area (TPSA) is 54.9 Å². The highest BCUT2D eigenvalue weighted by molar-refractivity contribution is 6.04. The van der Waals surface area contributed by atoms with Gasteiger partial charge in [-0.15, -0.1) is 0 Å². The van der Waals surface area contributed by atoms with E-state index in [1.165, 1.54) is 18.5 Å². The van der Waals surface area contributed by atoms with E-state index in [9.17, 15) is 13.6 Å². The molecule has 3 aromatic rings. The van der Waals surface area contributed by atoms with Crippen LogP contribution in [0.5, 0.6) is 0 Å². The number of hydrogen-bond acceptors (Lipinski definition) is 3. The number of carbonyl (C=O) groups is 1. The zero-order chi connectivity index (χ0) is 16.2. The molecule has 0 aliphatic heterocycles. The summed E-state index contributed by atoms with van der Waals surface area (Å²) in [6.45, 7) is 0. The van der Waals surface area contributed by atoms with Gasteiger partial charge in [-0.25, -0.2) is 18.7 Å². The number of para-hydroxylation sites is 1. The van der Waals surface area contributed by atoms with Crippen molar-refractivity contribution in [1.29, 1.82) is 0 Å². The van der Waals surface area contributed by atoms with E-state index in [0.29, 0.717) is 5.82 Å². The van der Waals surface area contributed by atoms with Crippen LogP contribution in [0.3, 0.4) is 0 Å². The normalized spacial score (nSPS) is 10.3. The van der Waals surface area contributed by atoms with Gasteiger partial charge in [0.1, 0.15) is 17.3 Å². The van der Waals surface area contributed by atoms with Crippen molar-refractivity contribution < 1.29 is 13.6 Å². The van der Waals surface area contributed by atoms with Crippen LogP contribution in [0.1, 0.15) is 10.4 Å². The Morgan fingerprint density at radius 3 is 2.09 bits per heavy atom. The Balaban J connectivity index is 1.81. The first kappa shape index (κ1) is 14.8. The molecule has 0 bridgehead atoms. The minimum absolute atomic E-state index is 0.104. The third-order valence-corrected chi connectivity index (χ3v) is 3.15. The second-order valence-corrected chi connectivity index (χ2v) is 4.71. The van der Waals surface area contributed by atoms with Crippen LogP contribution in [-0.2, 0) is 0 Å². The van der Waals surface area contributed by atoms with Crippen LogP contribution in [-0.4, -0.2) is 15.9 Å². The van der Waals surface area contributed by atoms with Crippen LogP contribution >= 0.6 is 0 Å². The number of aromatic nitrogens is 2. The maximum Gasteiger partial charge on any atom is 0.258 e. The minimum atomic E-state index is -0.847. The molecule has 6 heteroatoms. The van der Waals surface area contributed by atoms with Gasteiger partial charge in [0.25, 0.3) is 5.91 Å². The number of anilines is 1. The van der Waals surface area contributed by atoms with Gasteiger partial charge in [0.15, 0.2) is 5.82 Å². The highest BCUT2D eigenvalue weighted by Gasteiger charge is 2.14. The van der Waals surface area contributed by atoms with Gasteiger partial charge < -0.3 is 5.32 Å². The van der Waals surface area contributed by atoms with Crippen LogP contribution < -0.4 is 5.32 Å². The third kappa shape index (κ3) is 3.21. The summed E-state index contributed by atoms with van der Waals surface area (Å²) in [5.41, 5.74) is 0.413. The lowest BCUT2D eigenvalue weighted by atomic mass is 10.2. The van der Waals surface area contributed by atoms with Crippen LogP contribution in [0.25, 0.3) is 11.4 Å². The first-order valence-electron chi connectivity index (χ1n) is 6.78. The molecular weight excluding hydrogens is 300 g/mol. The molecule has 1 amide bonds. The Hall–Kier alpha value is -3.15. The lowest BCUT2D eigenvalue weighted by Gasteiger charge is -2.07. The molecule has 0 spiro atoms. The maximum atomic E-state index is 13.5. The fraction of sp³-hybridized carbons (Fsp3) is 0. The highest BCUT2D eigenvalue weighted by atomic mass is 19.1. The Bertz CT molecular complexity index is 816. The molecule has 0 atom stereocenters. The number of benzene rings is 2. The quantitative estimate of drug-likeness (QED) is 0.803. The fourth-order valence-corrected chi connectivity index (χ4v) is 1.98. The van der Waals surface area contributed by atoms with Gasteiger partial charge in [-0.2, -0.15) is 0 Å². The van der Waals surface area contributed by atoms with Crippen molar-refractivity contribution in [3.8, 4) is 11.4 Å². The van der Waals surface area contributed by atoms with Crippen molar-refractivity contribution in [2.45, 2.75) is 0 Å². The number of carbonyl (C=O) groups excluding carboxylic acids is 1. The number of nitrogens with one attached hydrogen (secondary N) is 1. The van der Waals surface area contributed by atoms with Crippen LogP contribution in [0, 0.1) is 11.6 Å². The molecule has 1 heterocycles. The molecule has 4 nitrogen and oxygen atoms in total. The van der Waals surface area contributed by atoms with E-state index in [4.69, 9.17) is 0 Å². The number of amides is 1. The summed E-state index contributed by atoms with van der Waals surface area (Å²) in [6.07, 6.45) is 2.62. The van der Waals surface area contributed by atoms with Crippen LogP contribution in [0.15, 0.2) is 60.9 Å². The first-order valence-corrected chi connectivity index (χ1v) is 6.78. The highest BCUT2D eigenvalue weighted by Crippen LogP contribution is 2.19. The Morgan fingerprint density at radius 2 is 1.48 bits per heavy atom. The molecule has 1 N–H and O–H groups in total. The minimum Gasteiger partial charge on any atom is -0.317 e. The summed E-state index contributed by atoms with van der Waals surface area (Å²) in [5, 5.41) is 2.19. The van der Waals surface area contributed by atoms with Crippen molar-refractivity contribution in [3.05, 3.63) is 78.1 Å². The molecule has 3 rings (SSSR count). The molecule has 0 radical (unpaired) electrons. The Labute approximate surface area is 130 Å². The van der Waals surface area contributed by atoms with Gasteiger partial charge in [0, 0.05) is 18.0 Å². The number of rotatable bonds is 3. The number of nitrogens with zero attached hydrogens (tertiary/aromatic N) is 2. The molecule has 1 aromatic heterocycles. The van der Waals surface area contributed by atoms with E-state index in [1.54, 1.807) is 0 Å². The molecule has 0 fully saturated rings. The van der Waals surface area contributed by atoms with Gasteiger partial charge in [0.05, 0.1) is 5.56 Å². The van der Waals surface area contributed by atoms with Crippen LogP contribution in [0.4, 0.5) is 14.5 Å². The van der Waals surface area contributed by atoms with Gasteiger partial charge in [-0.3, -0.25) is 4.79 Å². The average molecular weight is 311 g/mol. The lowest BCUT2D eigenvalue weighted by Crippen LogP contribution is -2.15. The summed E-state index contributed by atoms with van der Waals surface area (Å²) >= 11 is 0. The first-order chi connectivity index (χ1) is 11.1. The number of hydrogen-bond donors (Lipinski definition) is 1. The van der Waals surface area contributed by atoms with Crippen molar-refractivity contribution in [2.75, 3.05) is 5.32 Å². The summed E-state index contributed by atoms with van der Waals surface area (Å²) < 4.78 is 27.1. The predicted molar refractivity (Wildman–Crippen MR) is 81.8 cm³/mol. The van der Waals surface area contributed by atoms with E-state index in [-0.39, 0.29) is 5.56 Å². The van der Waals surface area contributed by atoms with Gasteiger partial charge >= 0.3 is 0 Å². The van der Waals surface area contributed by atoms with Crippen molar-refractivity contribution in [2.24, 2.45) is 0 Å². The summed E-state index contributed by atoms with van der Waals surface area (Å²) in [6, 6.07) is 12.6. The molecule has 2 aromatic carbocycles. The predicted octanol–water partition coefficient (Wildman–Crippen LogP) is 3.67. The van der Waals surface area contributed by atoms with Crippen LogP contribution in [0.2, 0.25) is 0 Å². The molecule has 0 aliphatic carbocycles. The molecular formula is C17H11F2N3O. The molecule has 0 saturated heterocycles. The largest absolute Gasteiger partial charge is 0.317 e. The zero-order valence-electron chi connectivity index (χ0n) is 11.8. The Kier molecular flexibility index (Phi) is 4.05. The molecule has 23 heavy (non-hydrogen) atoms. The standard InChI is InChI=1S/C17H11F2N3O/c18-13-7-4-8-14(19)15(13)22-17(23)12-9-20-16(21-10-12)11-5-2-1-3-6-11/h1-10H,(H,22,23). The molecule has 0 unspecified atom stereocenters. The average Bonchev–Trinajstić information content (AvgIpc) is 2.59. The van der Waals surface area contributed by atoms with Crippen molar-refractivity contribution >= 4 is 11.6 Å². The van der Waals surface area contributed by atoms with Crippen molar-refractivity contribution in [1.82, 2.24) is 9.97 Å². The third-order valence-electron chi connectivity index (χ3n) is 3.15. The Morgan fingerprint density at radius 1 is 0.870 bits per heavy atom. The SMILES string of the molecule is O=C(Nc1c(F)cccc1F)c1cnc(-c2ccccc2)nc1. The van der Waals surface area contributed by atoms with Gasteiger partial charge in [0.2, 0.25) is 0 Å². The molecule has 0 saturated carbocycles. The van der Waals surface area contributed by atoms with Gasteiger partial charge in [-0.1, -0.05) is 36.4 Å². The second kappa shape index (κ2) is 6.31. The van der Waals surface area contributed by atoms with Crippen molar-refractivity contribution in [3.63, 3.8) is 0 Å². The second-order valence-electron chi connectivity index (χ2n) is 4.71. The van der Waals surface area contributed by atoms with E-state index in [2.05, 4.69) is 15.3 Å². The van der Waals surface area contributed by atoms with E-state index in [1.807, 2.05) is 30.3 Å². The number of halogens is 2. The lowest BCUT2D eigenvalue weighted by molar-refractivity contribution is 0.102. The van der Waals surface area contributed by atoms with E-state index < -0.39 is 23.2 Å². The van der Waals surface area contributed by atoms with Gasteiger partial charge in [-0.05, 0) is 12.1 Å². The maximum absolute atomic E-state index is 13.5. The fourth-order valence-electron chi connectivity index (χ4n) is 1.98. The smallest absolute Gasteiger partial charge is 0.258 e. The summed E-state index contributed by atoms with van der Waals surface area (Å²) in [5.74, 6) is -1.92. The summed E-state index contributed by atoms with van der Waals surface area (Å²) in [7, 11) is 0. The summed E-state index contributed by atoms with van der Waals surface area (Å²) in [4.78, 5) is 20.2. The molecule has 0 aliphatic rings. The molecule has 114 valence electrons.